The molecule has 0 aliphatic carbocycles. The number of nitrogens with zero attached hydrogens (tertiary/aromatic N) is 1. The third kappa shape index (κ3) is 3.74. The van der Waals surface area contributed by atoms with Crippen LogP contribution in [0.25, 0.3) is 0 Å². The van der Waals surface area contributed by atoms with Gasteiger partial charge in [-0.05, 0) is 45.2 Å². The topological polar surface area (TPSA) is 35.5 Å². The Labute approximate surface area is 92.8 Å². The molecule has 0 aromatic rings. The monoisotopic (exact) mass is 212 g/mol. The average molecular weight is 212 g/mol. The van der Waals surface area contributed by atoms with Crippen molar-refractivity contribution < 1.29 is 5.11 Å². The summed E-state index contributed by atoms with van der Waals surface area (Å²) in [6.07, 6.45) is 7.13. The second-order valence-corrected chi connectivity index (χ2v) is 5.03. The van der Waals surface area contributed by atoms with Crippen molar-refractivity contribution in [1.29, 1.82) is 0 Å². The summed E-state index contributed by atoms with van der Waals surface area (Å²) in [4.78, 5) is 2.53. The summed E-state index contributed by atoms with van der Waals surface area (Å²) in [5.41, 5.74) is 0. The van der Waals surface area contributed by atoms with Crippen molar-refractivity contribution in [2.45, 2.75) is 50.7 Å². The molecule has 0 aromatic carbocycles. The van der Waals surface area contributed by atoms with Crippen LogP contribution in [0.2, 0.25) is 0 Å². The third-order valence-electron chi connectivity index (χ3n) is 3.68. The lowest BCUT2D eigenvalue weighted by atomic mass is 10.0. The quantitative estimate of drug-likeness (QED) is 0.716. The van der Waals surface area contributed by atoms with Crippen LogP contribution in [0, 0.1) is 0 Å². The van der Waals surface area contributed by atoms with Gasteiger partial charge in [0.25, 0.3) is 0 Å². The van der Waals surface area contributed by atoms with E-state index in [9.17, 15) is 5.11 Å². The lowest BCUT2D eigenvalue weighted by Crippen LogP contribution is -2.44. The highest BCUT2D eigenvalue weighted by atomic mass is 16.3. The van der Waals surface area contributed by atoms with Gasteiger partial charge in [0.2, 0.25) is 0 Å². The van der Waals surface area contributed by atoms with Crippen LogP contribution in [0.1, 0.15) is 38.5 Å². The van der Waals surface area contributed by atoms with Crippen LogP contribution in [0.5, 0.6) is 0 Å². The van der Waals surface area contributed by atoms with Crippen molar-refractivity contribution in [2.75, 3.05) is 26.2 Å². The number of aliphatic hydroxyl groups excluding tert-OH is 1. The maximum absolute atomic E-state index is 9.57. The van der Waals surface area contributed by atoms with E-state index >= 15 is 0 Å². The Morgan fingerprint density at radius 3 is 2.80 bits per heavy atom. The van der Waals surface area contributed by atoms with Gasteiger partial charge in [-0.1, -0.05) is 6.42 Å². The first-order chi connectivity index (χ1) is 7.34. The van der Waals surface area contributed by atoms with E-state index in [0.29, 0.717) is 6.04 Å². The summed E-state index contributed by atoms with van der Waals surface area (Å²) in [5.74, 6) is 0. The first-order valence-corrected chi connectivity index (χ1v) is 6.48. The molecular weight excluding hydrogens is 188 g/mol. The van der Waals surface area contributed by atoms with Gasteiger partial charge in [-0.2, -0.15) is 0 Å². The lowest BCUT2D eigenvalue weighted by molar-refractivity contribution is 0.153. The summed E-state index contributed by atoms with van der Waals surface area (Å²) >= 11 is 0. The Morgan fingerprint density at radius 1 is 1.07 bits per heavy atom. The molecule has 88 valence electrons. The van der Waals surface area contributed by atoms with Crippen LogP contribution in [0.4, 0.5) is 0 Å². The third-order valence-corrected chi connectivity index (χ3v) is 3.68. The van der Waals surface area contributed by atoms with Gasteiger partial charge in [0.15, 0.2) is 0 Å². The summed E-state index contributed by atoms with van der Waals surface area (Å²) in [6.45, 7) is 4.64. The molecule has 0 bridgehead atoms. The van der Waals surface area contributed by atoms with Crippen molar-refractivity contribution >= 4 is 0 Å². The average Bonchev–Trinajstić information content (AvgIpc) is 2.46. The predicted molar refractivity (Wildman–Crippen MR) is 61.9 cm³/mol. The van der Waals surface area contributed by atoms with Crippen molar-refractivity contribution in [2.24, 2.45) is 0 Å². The SMILES string of the molecule is OC1CCCN(CC2CCCCN2)CC1. The predicted octanol–water partition coefficient (Wildman–Crippen LogP) is 0.975. The van der Waals surface area contributed by atoms with Crippen LogP contribution in [-0.2, 0) is 0 Å². The molecule has 0 amide bonds. The highest BCUT2D eigenvalue weighted by Crippen LogP contribution is 2.13. The lowest BCUT2D eigenvalue weighted by Gasteiger charge is -2.29. The van der Waals surface area contributed by atoms with E-state index in [1.165, 1.54) is 38.9 Å². The number of rotatable bonds is 2. The standard InChI is InChI=1S/C12H24N2O/c15-12-5-3-8-14(9-6-12)10-11-4-1-2-7-13-11/h11-13,15H,1-10H2. The van der Waals surface area contributed by atoms with Gasteiger partial charge in [-0.15, -0.1) is 0 Å². The second kappa shape index (κ2) is 5.83. The van der Waals surface area contributed by atoms with Crippen LogP contribution < -0.4 is 5.32 Å². The maximum Gasteiger partial charge on any atom is 0.0553 e. The van der Waals surface area contributed by atoms with E-state index in [1.54, 1.807) is 0 Å². The Kier molecular flexibility index (Phi) is 4.42. The molecular formula is C12H24N2O. The summed E-state index contributed by atoms with van der Waals surface area (Å²) < 4.78 is 0. The zero-order valence-electron chi connectivity index (χ0n) is 9.62. The molecule has 0 saturated carbocycles. The molecule has 3 nitrogen and oxygen atoms in total. The maximum atomic E-state index is 9.57. The van der Waals surface area contributed by atoms with Crippen LogP contribution >= 0.6 is 0 Å². The smallest absolute Gasteiger partial charge is 0.0553 e. The van der Waals surface area contributed by atoms with E-state index in [1.807, 2.05) is 0 Å². The van der Waals surface area contributed by atoms with Gasteiger partial charge in [0.1, 0.15) is 0 Å². The zero-order chi connectivity index (χ0) is 10.5. The van der Waals surface area contributed by atoms with Crippen LogP contribution in [-0.4, -0.2) is 48.3 Å². The number of aliphatic hydroxyl groups is 1. The number of nitrogens with one attached hydrogen (secondary N) is 1. The molecule has 0 radical (unpaired) electrons. The molecule has 2 unspecified atom stereocenters. The van der Waals surface area contributed by atoms with Crippen LogP contribution in [0.15, 0.2) is 0 Å². The molecule has 2 N–H and O–H groups in total. The number of piperidine rings is 1. The van der Waals surface area contributed by atoms with Crippen molar-refractivity contribution in [3.05, 3.63) is 0 Å². The fourth-order valence-corrected chi connectivity index (χ4v) is 2.71. The van der Waals surface area contributed by atoms with Gasteiger partial charge in [-0.3, -0.25) is 0 Å². The Hall–Kier alpha value is -0.120. The van der Waals surface area contributed by atoms with Crippen molar-refractivity contribution in [3.63, 3.8) is 0 Å². The zero-order valence-corrected chi connectivity index (χ0v) is 9.62. The molecule has 3 heteroatoms. The van der Waals surface area contributed by atoms with Gasteiger partial charge in [-0.25, -0.2) is 0 Å². The fourth-order valence-electron chi connectivity index (χ4n) is 2.71. The first-order valence-electron chi connectivity index (χ1n) is 6.48. The number of likely N-dealkylation sites (tertiary alicyclic amines) is 1. The molecule has 0 spiro atoms. The molecule has 0 aromatic heterocycles. The molecule has 2 heterocycles. The summed E-state index contributed by atoms with van der Waals surface area (Å²) in [7, 11) is 0. The highest BCUT2D eigenvalue weighted by Gasteiger charge is 2.19. The molecule has 2 aliphatic rings. The first kappa shape index (κ1) is 11.4. The van der Waals surface area contributed by atoms with E-state index in [2.05, 4.69) is 10.2 Å². The van der Waals surface area contributed by atoms with Gasteiger partial charge < -0.3 is 15.3 Å². The molecule has 15 heavy (non-hydrogen) atoms. The van der Waals surface area contributed by atoms with Gasteiger partial charge in [0.05, 0.1) is 6.10 Å². The number of hydrogen-bond acceptors (Lipinski definition) is 3. The fraction of sp³-hybridized carbons (Fsp3) is 1.00. The minimum absolute atomic E-state index is 0.0469. The molecule has 2 rings (SSSR count). The molecule has 2 atom stereocenters. The summed E-state index contributed by atoms with van der Waals surface area (Å²) in [5, 5.41) is 13.2. The van der Waals surface area contributed by atoms with Crippen molar-refractivity contribution in [1.82, 2.24) is 10.2 Å². The second-order valence-electron chi connectivity index (χ2n) is 5.03. The van der Waals surface area contributed by atoms with E-state index in [0.717, 1.165) is 25.8 Å². The van der Waals surface area contributed by atoms with Crippen molar-refractivity contribution in [3.8, 4) is 0 Å². The minimum atomic E-state index is -0.0469. The molecule has 2 fully saturated rings. The highest BCUT2D eigenvalue weighted by molar-refractivity contribution is 4.78. The van der Waals surface area contributed by atoms with Crippen LogP contribution in [0.3, 0.4) is 0 Å². The normalized spacial score (nSPS) is 35.0. The van der Waals surface area contributed by atoms with E-state index in [-0.39, 0.29) is 6.10 Å². The van der Waals surface area contributed by atoms with E-state index < -0.39 is 0 Å². The van der Waals surface area contributed by atoms with Gasteiger partial charge in [0, 0.05) is 19.1 Å². The minimum Gasteiger partial charge on any atom is -0.393 e. The Bertz CT molecular complexity index is 180. The largest absolute Gasteiger partial charge is 0.393 e. The molecule has 2 saturated heterocycles. The van der Waals surface area contributed by atoms with Gasteiger partial charge >= 0.3 is 0 Å². The Balaban J connectivity index is 1.72. The summed E-state index contributed by atoms with van der Waals surface area (Å²) in [6, 6.07) is 0.703. The number of hydrogen-bond donors (Lipinski definition) is 2. The van der Waals surface area contributed by atoms with E-state index in [4.69, 9.17) is 0 Å². The Morgan fingerprint density at radius 2 is 2.00 bits per heavy atom. The molecule has 2 aliphatic heterocycles.